The van der Waals surface area contributed by atoms with Gasteiger partial charge in [-0.3, -0.25) is 0 Å². The minimum absolute atomic E-state index is 0.185. The molecule has 2 rings (SSSR count). The van der Waals surface area contributed by atoms with Gasteiger partial charge in [-0.05, 0) is 43.3 Å². The highest BCUT2D eigenvalue weighted by atomic mass is 16.5. The van der Waals surface area contributed by atoms with Crippen molar-refractivity contribution in [1.82, 2.24) is 19.8 Å². The number of aromatic nitrogens is 4. The van der Waals surface area contributed by atoms with Gasteiger partial charge >= 0.3 is 5.69 Å². The summed E-state index contributed by atoms with van der Waals surface area (Å²) in [5.41, 5.74) is 0.533. The number of benzene rings is 1. The Morgan fingerprint density at radius 2 is 2.05 bits per heavy atom. The molecule has 0 aliphatic carbocycles. The van der Waals surface area contributed by atoms with Crippen LogP contribution in [0.1, 0.15) is 19.4 Å². The molecule has 8 heteroatoms. The summed E-state index contributed by atoms with van der Waals surface area (Å²) in [4.78, 5) is 12.0. The molecule has 1 N–H and O–H groups in total. The summed E-state index contributed by atoms with van der Waals surface area (Å²) in [7, 11) is 7.41. The fraction of sp³-hybridized carbons (Fsp3) is 0.462. The van der Waals surface area contributed by atoms with Crippen molar-refractivity contribution in [2.45, 2.75) is 26.4 Å². The lowest BCUT2D eigenvalue weighted by atomic mass is 9.90. The van der Waals surface area contributed by atoms with E-state index in [9.17, 15) is 9.90 Å². The molecular formula is C13H17BN4O3. The summed E-state index contributed by atoms with van der Waals surface area (Å²) >= 11 is 0. The van der Waals surface area contributed by atoms with Crippen LogP contribution >= 0.6 is 0 Å². The molecule has 1 aromatic heterocycles. The number of rotatable bonds is 4. The van der Waals surface area contributed by atoms with Crippen molar-refractivity contribution in [3.8, 4) is 11.4 Å². The first-order chi connectivity index (χ1) is 9.75. The number of aliphatic hydroxyl groups is 1. The third-order valence-electron chi connectivity index (χ3n) is 3.06. The lowest BCUT2D eigenvalue weighted by Gasteiger charge is -2.25. The topological polar surface area (TPSA) is 82.2 Å². The largest absolute Gasteiger partial charge is 0.483 e. The number of hydrogen-bond acceptors (Lipinski definition) is 5. The molecular weight excluding hydrogens is 271 g/mol. The van der Waals surface area contributed by atoms with Crippen LogP contribution in [-0.2, 0) is 7.05 Å². The smallest absolute Gasteiger partial charge is 0.368 e. The average molecular weight is 288 g/mol. The molecule has 7 nitrogen and oxygen atoms in total. The second-order valence-corrected chi connectivity index (χ2v) is 5.49. The van der Waals surface area contributed by atoms with E-state index in [1.54, 1.807) is 26.0 Å². The molecule has 21 heavy (non-hydrogen) atoms. The molecule has 0 aliphatic rings. The first-order valence-corrected chi connectivity index (χ1v) is 6.44. The van der Waals surface area contributed by atoms with Gasteiger partial charge in [-0.25, -0.2) is 4.79 Å². The van der Waals surface area contributed by atoms with Crippen LogP contribution in [0.4, 0.5) is 0 Å². The zero-order valence-corrected chi connectivity index (χ0v) is 12.5. The maximum atomic E-state index is 12.0. The number of aryl methyl sites for hydroxylation is 2. The Hall–Kier alpha value is -2.09. The molecule has 0 fully saturated rings. The van der Waals surface area contributed by atoms with Crippen LogP contribution in [0.25, 0.3) is 5.69 Å². The highest BCUT2D eigenvalue weighted by Crippen LogP contribution is 2.25. The molecule has 0 saturated carbocycles. The van der Waals surface area contributed by atoms with Crippen molar-refractivity contribution >= 4 is 13.3 Å². The van der Waals surface area contributed by atoms with Crippen LogP contribution in [0.3, 0.4) is 0 Å². The monoisotopic (exact) mass is 288 g/mol. The van der Waals surface area contributed by atoms with E-state index in [4.69, 9.17) is 12.6 Å². The third-order valence-corrected chi connectivity index (χ3v) is 3.06. The molecule has 0 bridgehead atoms. The van der Waals surface area contributed by atoms with Crippen molar-refractivity contribution in [2.75, 3.05) is 6.61 Å². The van der Waals surface area contributed by atoms with Crippen LogP contribution in [0.15, 0.2) is 16.9 Å². The average Bonchev–Trinajstić information content (AvgIpc) is 2.74. The van der Waals surface area contributed by atoms with Crippen LogP contribution in [0.5, 0.6) is 5.75 Å². The highest BCUT2D eigenvalue weighted by Gasteiger charge is 2.22. The summed E-state index contributed by atoms with van der Waals surface area (Å²) in [6.07, 6.45) is 0. The number of ether oxygens (including phenoxy) is 1. The van der Waals surface area contributed by atoms with Gasteiger partial charge in [0.2, 0.25) is 0 Å². The Kier molecular flexibility index (Phi) is 3.91. The molecule has 110 valence electrons. The van der Waals surface area contributed by atoms with E-state index in [1.807, 2.05) is 6.92 Å². The van der Waals surface area contributed by atoms with Crippen molar-refractivity contribution in [2.24, 2.45) is 7.05 Å². The van der Waals surface area contributed by atoms with Crippen molar-refractivity contribution < 1.29 is 9.84 Å². The van der Waals surface area contributed by atoms with Gasteiger partial charge < -0.3 is 9.84 Å². The summed E-state index contributed by atoms with van der Waals surface area (Å²) < 4.78 is 8.02. The Balaban J connectivity index is 2.62. The molecule has 1 heterocycles. The van der Waals surface area contributed by atoms with E-state index < -0.39 is 11.3 Å². The van der Waals surface area contributed by atoms with Crippen molar-refractivity contribution in [3.63, 3.8) is 0 Å². The zero-order chi connectivity index (χ0) is 15.8. The maximum Gasteiger partial charge on any atom is 0.368 e. The Morgan fingerprint density at radius 1 is 1.38 bits per heavy atom. The maximum absolute atomic E-state index is 12.0. The lowest BCUT2D eigenvalue weighted by Crippen LogP contribution is -2.34. The molecule has 0 amide bonds. The summed E-state index contributed by atoms with van der Waals surface area (Å²) in [5, 5.41) is 16.8. The zero-order valence-electron chi connectivity index (χ0n) is 12.5. The van der Waals surface area contributed by atoms with Crippen LogP contribution in [0.2, 0.25) is 0 Å². The minimum atomic E-state index is -0.817. The fourth-order valence-corrected chi connectivity index (χ4v) is 1.73. The van der Waals surface area contributed by atoms with E-state index >= 15 is 0 Å². The van der Waals surface area contributed by atoms with Crippen molar-refractivity contribution in [3.05, 3.63) is 28.2 Å². The molecule has 2 aromatic rings. The number of tetrazole rings is 1. The Morgan fingerprint density at radius 3 is 2.57 bits per heavy atom. The first-order valence-electron chi connectivity index (χ1n) is 6.44. The summed E-state index contributed by atoms with van der Waals surface area (Å²) in [6.45, 7) is 5.09. The molecule has 0 aliphatic heterocycles. The van der Waals surface area contributed by atoms with Gasteiger partial charge in [-0.1, -0.05) is 11.0 Å². The quantitative estimate of drug-likeness (QED) is 0.746. The predicted octanol–water partition coefficient (Wildman–Crippen LogP) is -0.782. The van der Waals surface area contributed by atoms with Crippen LogP contribution < -0.4 is 15.9 Å². The highest BCUT2D eigenvalue weighted by molar-refractivity contribution is 6.33. The lowest BCUT2D eigenvalue weighted by molar-refractivity contribution is 0.0411. The van der Waals surface area contributed by atoms with Crippen LogP contribution in [0, 0.1) is 6.92 Å². The van der Waals surface area contributed by atoms with Gasteiger partial charge in [0.1, 0.15) is 24.9 Å². The van der Waals surface area contributed by atoms with Gasteiger partial charge in [-0.2, -0.15) is 9.36 Å². The SMILES string of the molecule is [B]c1cc(OC(C)(C)CO)c(-n2nnn(C)c2=O)cc1C. The van der Waals surface area contributed by atoms with E-state index in [2.05, 4.69) is 10.4 Å². The van der Waals surface area contributed by atoms with E-state index in [1.165, 1.54) is 7.05 Å². The number of nitrogens with zero attached hydrogens (tertiary/aromatic N) is 4. The van der Waals surface area contributed by atoms with Gasteiger partial charge in [0.05, 0.1) is 6.61 Å². The predicted molar refractivity (Wildman–Crippen MR) is 78.5 cm³/mol. The normalized spacial score (nSPS) is 11.7. The summed E-state index contributed by atoms with van der Waals surface area (Å²) in [6, 6.07) is 3.32. The second-order valence-electron chi connectivity index (χ2n) is 5.49. The Labute approximate surface area is 123 Å². The van der Waals surface area contributed by atoms with Crippen LogP contribution in [-0.4, -0.2) is 45.0 Å². The Bertz CT molecular complexity index is 721. The van der Waals surface area contributed by atoms with Gasteiger partial charge in [0.25, 0.3) is 0 Å². The van der Waals surface area contributed by atoms with E-state index in [0.29, 0.717) is 16.9 Å². The molecule has 2 radical (unpaired) electrons. The molecule has 1 aromatic carbocycles. The third kappa shape index (κ3) is 3.00. The fourth-order valence-electron chi connectivity index (χ4n) is 1.73. The van der Waals surface area contributed by atoms with Gasteiger partial charge in [0, 0.05) is 7.05 Å². The molecule has 0 unspecified atom stereocenters. The summed E-state index contributed by atoms with van der Waals surface area (Å²) in [5.74, 6) is 0.361. The molecule has 0 saturated heterocycles. The van der Waals surface area contributed by atoms with Gasteiger partial charge in [0.15, 0.2) is 0 Å². The van der Waals surface area contributed by atoms with E-state index in [0.717, 1.165) is 14.9 Å². The van der Waals surface area contributed by atoms with Crippen molar-refractivity contribution in [1.29, 1.82) is 0 Å². The molecule has 0 spiro atoms. The van der Waals surface area contributed by atoms with E-state index in [-0.39, 0.29) is 6.61 Å². The second kappa shape index (κ2) is 5.36. The van der Waals surface area contributed by atoms with Gasteiger partial charge in [-0.15, -0.1) is 0 Å². The number of aliphatic hydroxyl groups excluding tert-OH is 1. The first kappa shape index (κ1) is 15.3. The molecule has 0 atom stereocenters. The standard InChI is InChI=1S/C13H17BN4O3/c1-8-5-10(18-12(20)17(4)15-16-18)11(6-9(8)14)21-13(2,3)7-19/h5-6,19H,7H2,1-4H3. The number of hydrogen-bond donors (Lipinski definition) is 1. The minimum Gasteiger partial charge on any atom is -0.483 e.